The van der Waals surface area contributed by atoms with Gasteiger partial charge in [-0.3, -0.25) is 9.89 Å². The van der Waals surface area contributed by atoms with Gasteiger partial charge in [-0.05, 0) is 33.6 Å². The van der Waals surface area contributed by atoms with Gasteiger partial charge in [0.2, 0.25) is 0 Å². The van der Waals surface area contributed by atoms with Crippen LogP contribution in [0.2, 0.25) is 0 Å². The molecule has 0 unspecified atom stereocenters. The third kappa shape index (κ3) is 12.5. The Morgan fingerprint density at radius 3 is 2.00 bits per heavy atom. The molecule has 0 aliphatic rings. The first-order chi connectivity index (χ1) is 9.88. The maximum Gasteiger partial charge on any atom is 0.191 e. The second-order valence-corrected chi connectivity index (χ2v) is 6.32. The fourth-order valence-corrected chi connectivity index (χ4v) is 2.20. The average Bonchev–Trinajstić information content (AvgIpc) is 2.39. The van der Waals surface area contributed by atoms with Gasteiger partial charge in [0, 0.05) is 45.4 Å². The molecule has 0 heterocycles. The summed E-state index contributed by atoms with van der Waals surface area (Å²) in [4.78, 5) is 6.69. The largest absolute Gasteiger partial charge is 0.379 e. The number of hydrogen-bond donors (Lipinski definition) is 2. The minimum absolute atomic E-state index is 0. The highest BCUT2D eigenvalue weighted by Gasteiger charge is 2.12. The summed E-state index contributed by atoms with van der Waals surface area (Å²) in [5.74, 6) is 1.43. The molecule has 22 heavy (non-hydrogen) atoms. The lowest BCUT2D eigenvalue weighted by atomic mass is 10.2. The maximum atomic E-state index is 5.54. The van der Waals surface area contributed by atoms with E-state index in [1.54, 1.807) is 7.05 Å². The van der Waals surface area contributed by atoms with Gasteiger partial charge < -0.3 is 15.4 Å². The zero-order valence-corrected chi connectivity index (χ0v) is 17.8. The van der Waals surface area contributed by atoms with Crippen molar-refractivity contribution in [1.82, 2.24) is 15.5 Å². The second kappa shape index (κ2) is 14.5. The first-order valence-electron chi connectivity index (χ1n) is 8.16. The van der Waals surface area contributed by atoms with Crippen molar-refractivity contribution in [2.24, 2.45) is 10.9 Å². The van der Waals surface area contributed by atoms with E-state index in [9.17, 15) is 0 Å². The Morgan fingerprint density at radius 2 is 1.55 bits per heavy atom. The molecular formula is C16H37IN4O. The first-order valence-corrected chi connectivity index (χ1v) is 8.16. The van der Waals surface area contributed by atoms with Crippen LogP contribution < -0.4 is 10.6 Å². The highest BCUT2D eigenvalue weighted by Crippen LogP contribution is 2.03. The van der Waals surface area contributed by atoms with E-state index in [4.69, 9.17) is 4.74 Å². The van der Waals surface area contributed by atoms with E-state index in [1.165, 1.54) is 0 Å². The number of halogens is 1. The summed E-state index contributed by atoms with van der Waals surface area (Å²) in [5.41, 5.74) is 0. The number of rotatable bonds is 10. The standard InChI is InChI=1S/C16H36N4O.HI/c1-13(2)12-21-11-9-19-16(17-7)18-8-10-20(14(3)4)15(5)6;/h13-15H,8-12H2,1-7H3,(H2,17,18,19);1H. The minimum Gasteiger partial charge on any atom is -0.379 e. The van der Waals surface area contributed by atoms with Crippen molar-refractivity contribution in [2.75, 3.05) is 39.9 Å². The fraction of sp³-hybridized carbons (Fsp3) is 0.938. The van der Waals surface area contributed by atoms with E-state index >= 15 is 0 Å². The van der Waals surface area contributed by atoms with E-state index in [2.05, 4.69) is 62.1 Å². The highest BCUT2D eigenvalue weighted by molar-refractivity contribution is 14.0. The predicted molar refractivity (Wildman–Crippen MR) is 107 cm³/mol. The van der Waals surface area contributed by atoms with Gasteiger partial charge in [0.05, 0.1) is 6.61 Å². The van der Waals surface area contributed by atoms with Crippen LogP contribution in [0.15, 0.2) is 4.99 Å². The molecule has 0 atom stereocenters. The van der Waals surface area contributed by atoms with Crippen molar-refractivity contribution in [1.29, 1.82) is 0 Å². The van der Waals surface area contributed by atoms with Crippen molar-refractivity contribution in [3.63, 3.8) is 0 Å². The smallest absolute Gasteiger partial charge is 0.191 e. The molecule has 0 aliphatic heterocycles. The number of nitrogens with zero attached hydrogens (tertiary/aromatic N) is 2. The number of guanidine groups is 1. The Labute approximate surface area is 154 Å². The van der Waals surface area contributed by atoms with E-state index in [1.807, 2.05) is 0 Å². The van der Waals surface area contributed by atoms with E-state index in [0.717, 1.165) is 32.2 Å². The Kier molecular flexibility index (Phi) is 15.9. The molecule has 0 saturated heterocycles. The van der Waals surface area contributed by atoms with Gasteiger partial charge in [0.15, 0.2) is 5.96 Å². The van der Waals surface area contributed by atoms with E-state index < -0.39 is 0 Å². The maximum absolute atomic E-state index is 5.54. The lowest BCUT2D eigenvalue weighted by molar-refractivity contribution is 0.114. The van der Waals surface area contributed by atoms with Crippen molar-refractivity contribution in [3.8, 4) is 0 Å². The monoisotopic (exact) mass is 428 g/mol. The van der Waals surface area contributed by atoms with Crippen LogP contribution in [0.4, 0.5) is 0 Å². The van der Waals surface area contributed by atoms with E-state index in [0.29, 0.717) is 24.6 Å². The Balaban J connectivity index is 0. The lowest BCUT2D eigenvalue weighted by Crippen LogP contribution is -2.45. The fourth-order valence-electron chi connectivity index (χ4n) is 2.20. The zero-order chi connectivity index (χ0) is 16.3. The highest BCUT2D eigenvalue weighted by atomic mass is 127. The molecule has 0 aromatic carbocycles. The summed E-state index contributed by atoms with van der Waals surface area (Å²) in [6.07, 6.45) is 0. The summed E-state index contributed by atoms with van der Waals surface area (Å²) < 4.78 is 5.54. The summed E-state index contributed by atoms with van der Waals surface area (Å²) in [5, 5.41) is 6.62. The zero-order valence-electron chi connectivity index (χ0n) is 15.5. The van der Waals surface area contributed by atoms with Crippen LogP contribution in [0.25, 0.3) is 0 Å². The molecule has 0 saturated carbocycles. The average molecular weight is 428 g/mol. The molecule has 0 rings (SSSR count). The molecule has 2 N–H and O–H groups in total. The molecule has 0 spiro atoms. The van der Waals surface area contributed by atoms with Crippen LogP contribution in [-0.4, -0.2) is 62.8 Å². The topological polar surface area (TPSA) is 48.9 Å². The molecule has 0 aromatic heterocycles. The number of ether oxygens (including phenoxy) is 1. The second-order valence-electron chi connectivity index (χ2n) is 6.32. The van der Waals surface area contributed by atoms with Gasteiger partial charge >= 0.3 is 0 Å². The quantitative estimate of drug-likeness (QED) is 0.243. The Hall–Kier alpha value is -0.0800. The lowest BCUT2D eigenvalue weighted by Gasteiger charge is -2.30. The third-order valence-corrected chi connectivity index (χ3v) is 3.20. The summed E-state index contributed by atoms with van der Waals surface area (Å²) >= 11 is 0. The van der Waals surface area contributed by atoms with Crippen LogP contribution in [0.1, 0.15) is 41.5 Å². The SMILES string of the molecule is CN=C(NCCOCC(C)C)NCCN(C(C)C)C(C)C.I. The molecule has 134 valence electrons. The van der Waals surface area contributed by atoms with Gasteiger partial charge in [-0.1, -0.05) is 13.8 Å². The van der Waals surface area contributed by atoms with Crippen molar-refractivity contribution in [2.45, 2.75) is 53.6 Å². The summed E-state index contributed by atoms with van der Waals surface area (Å²) in [7, 11) is 1.80. The predicted octanol–water partition coefficient (Wildman–Crippen LogP) is 2.56. The molecule has 0 fully saturated rings. The summed E-state index contributed by atoms with van der Waals surface area (Å²) in [6.45, 7) is 17.5. The molecule has 0 amide bonds. The summed E-state index contributed by atoms with van der Waals surface area (Å²) in [6, 6.07) is 1.12. The number of aliphatic imine (C=N–C) groups is 1. The van der Waals surface area contributed by atoms with Gasteiger partial charge in [0.1, 0.15) is 0 Å². The molecule has 0 radical (unpaired) electrons. The Bertz CT molecular complexity index is 275. The van der Waals surface area contributed by atoms with Crippen LogP contribution in [0.5, 0.6) is 0 Å². The first kappa shape index (κ1) is 24.2. The van der Waals surface area contributed by atoms with Gasteiger partial charge in [-0.15, -0.1) is 24.0 Å². The van der Waals surface area contributed by atoms with Crippen molar-refractivity contribution >= 4 is 29.9 Å². The normalized spacial score (nSPS) is 12.2. The van der Waals surface area contributed by atoms with Crippen LogP contribution in [0, 0.1) is 5.92 Å². The van der Waals surface area contributed by atoms with Crippen LogP contribution >= 0.6 is 24.0 Å². The molecule has 0 aromatic rings. The van der Waals surface area contributed by atoms with Crippen molar-refractivity contribution in [3.05, 3.63) is 0 Å². The molecule has 6 heteroatoms. The van der Waals surface area contributed by atoms with Gasteiger partial charge in [-0.25, -0.2) is 0 Å². The minimum atomic E-state index is 0. The number of nitrogens with one attached hydrogen (secondary N) is 2. The molecular weight excluding hydrogens is 391 g/mol. The molecule has 0 bridgehead atoms. The van der Waals surface area contributed by atoms with Crippen LogP contribution in [-0.2, 0) is 4.74 Å². The third-order valence-electron chi connectivity index (χ3n) is 3.20. The van der Waals surface area contributed by atoms with Crippen molar-refractivity contribution < 1.29 is 4.74 Å². The molecule has 0 aliphatic carbocycles. The number of hydrogen-bond acceptors (Lipinski definition) is 3. The van der Waals surface area contributed by atoms with Gasteiger partial charge in [0.25, 0.3) is 0 Å². The van der Waals surface area contributed by atoms with Gasteiger partial charge in [-0.2, -0.15) is 0 Å². The Morgan fingerprint density at radius 1 is 1.00 bits per heavy atom. The van der Waals surface area contributed by atoms with E-state index in [-0.39, 0.29) is 24.0 Å². The molecule has 5 nitrogen and oxygen atoms in total. The van der Waals surface area contributed by atoms with Crippen LogP contribution in [0.3, 0.4) is 0 Å².